The van der Waals surface area contributed by atoms with Gasteiger partial charge in [-0.05, 0) is 18.1 Å². The number of hydrogen-bond acceptors (Lipinski definition) is 4. The van der Waals surface area contributed by atoms with E-state index < -0.39 is 16.4 Å². The molecule has 1 heterocycles. The number of benzene rings is 1. The quantitative estimate of drug-likeness (QED) is 0.651. The van der Waals surface area contributed by atoms with Crippen LogP contribution in [0.1, 0.15) is 31.4 Å². The Morgan fingerprint density at radius 1 is 1.36 bits per heavy atom. The highest BCUT2D eigenvalue weighted by Gasteiger charge is 2.24. The van der Waals surface area contributed by atoms with Gasteiger partial charge in [-0.25, -0.2) is 0 Å². The van der Waals surface area contributed by atoms with E-state index in [1.54, 1.807) is 6.07 Å². The standard InChI is InChI=1S/C14H20FN3O2.2ClH/c1-2-3-13(17-8-6-16-7-9-17)11-4-5-12(15)14(10-11)18(19)20;;/h4-5,10,13,16H,2-3,6-9H2,1H3;2*1H/t13-;;/m0../s1. The highest BCUT2D eigenvalue weighted by molar-refractivity contribution is 5.85. The molecule has 1 aliphatic rings. The van der Waals surface area contributed by atoms with Crippen LogP contribution >= 0.6 is 24.8 Å². The third-order valence-electron chi connectivity index (χ3n) is 3.71. The zero-order valence-electron chi connectivity index (χ0n) is 12.5. The monoisotopic (exact) mass is 353 g/mol. The molecule has 0 aromatic heterocycles. The van der Waals surface area contributed by atoms with Crippen LogP contribution < -0.4 is 5.32 Å². The maximum absolute atomic E-state index is 13.4. The number of nitro groups is 1. The van der Waals surface area contributed by atoms with E-state index in [0.717, 1.165) is 44.6 Å². The van der Waals surface area contributed by atoms with Crippen molar-refractivity contribution in [3.8, 4) is 0 Å². The van der Waals surface area contributed by atoms with Crippen LogP contribution in [0.4, 0.5) is 10.1 Å². The van der Waals surface area contributed by atoms with Gasteiger partial charge in [0.25, 0.3) is 0 Å². The fourth-order valence-corrected chi connectivity index (χ4v) is 2.70. The van der Waals surface area contributed by atoms with Crippen LogP contribution in [-0.4, -0.2) is 36.0 Å². The summed E-state index contributed by atoms with van der Waals surface area (Å²) in [5.74, 6) is -0.769. The molecular formula is C14H22Cl2FN3O2. The molecule has 0 unspecified atom stereocenters. The predicted molar refractivity (Wildman–Crippen MR) is 89.6 cm³/mol. The Hall–Kier alpha value is -0.950. The lowest BCUT2D eigenvalue weighted by Crippen LogP contribution is -2.45. The summed E-state index contributed by atoms with van der Waals surface area (Å²) in [4.78, 5) is 12.5. The molecule has 1 atom stereocenters. The van der Waals surface area contributed by atoms with E-state index in [1.165, 1.54) is 12.1 Å². The maximum atomic E-state index is 13.4. The fourth-order valence-electron chi connectivity index (χ4n) is 2.70. The second-order valence-corrected chi connectivity index (χ2v) is 5.06. The van der Waals surface area contributed by atoms with Gasteiger partial charge >= 0.3 is 5.69 Å². The summed E-state index contributed by atoms with van der Waals surface area (Å²) in [5, 5.41) is 14.2. The molecule has 0 saturated carbocycles. The smallest absolute Gasteiger partial charge is 0.305 e. The average Bonchev–Trinajstić information content (AvgIpc) is 2.46. The minimum Gasteiger partial charge on any atom is -0.314 e. The van der Waals surface area contributed by atoms with E-state index in [4.69, 9.17) is 0 Å². The number of nitrogens with one attached hydrogen (secondary N) is 1. The number of nitro benzene ring substituents is 1. The van der Waals surface area contributed by atoms with Crippen molar-refractivity contribution >= 4 is 30.5 Å². The van der Waals surface area contributed by atoms with Gasteiger partial charge in [-0.2, -0.15) is 4.39 Å². The van der Waals surface area contributed by atoms with Crippen molar-refractivity contribution in [1.82, 2.24) is 10.2 Å². The molecule has 0 spiro atoms. The molecule has 2 rings (SSSR count). The topological polar surface area (TPSA) is 58.4 Å². The molecule has 0 radical (unpaired) electrons. The molecule has 0 aliphatic carbocycles. The summed E-state index contributed by atoms with van der Waals surface area (Å²) < 4.78 is 13.4. The van der Waals surface area contributed by atoms with Crippen molar-refractivity contribution in [2.45, 2.75) is 25.8 Å². The van der Waals surface area contributed by atoms with Crippen molar-refractivity contribution in [3.63, 3.8) is 0 Å². The van der Waals surface area contributed by atoms with Gasteiger partial charge in [0.05, 0.1) is 4.92 Å². The van der Waals surface area contributed by atoms with E-state index in [0.29, 0.717) is 0 Å². The molecule has 1 aromatic rings. The lowest BCUT2D eigenvalue weighted by molar-refractivity contribution is -0.387. The molecular weight excluding hydrogens is 332 g/mol. The van der Waals surface area contributed by atoms with Crippen LogP contribution in [0.25, 0.3) is 0 Å². The normalized spacial score (nSPS) is 16.3. The number of halogens is 3. The van der Waals surface area contributed by atoms with Gasteiger partial charge in [0.2, 0.25) is 5.82 Å². The number of rotatable bonds is 5. The highest BCUT2D eigenvalue weighted by atomic mass is 35.5. The molecule has 1 N–H and O–H groups in total. The first-order valence-corrected chi connectivity index (χ1v) is 7.02. The number of hydrogen-bond donors (Lipinski definition) is 1. The predicted octanol–water partition coefficient (Wildman–Crippen LogP) is 3.32. The summed E-state index contributed by atoms with van der Waals surface area (Å²) in [7, 11) is 0. The van der Waals surface area contributed by atoms with Crippen molar-refractivity contribution in [2.24, 2.45) is 0 Å². The minimum atomic E-state index is -0.769. The number of nitrogens with zero attached hydrogens (tertiary/aromatic N) is 2. The van der Waals surface area contributed by atoms with Gasteiger partial charge in [-0.15, -0.1) is 24.8 Å². The first-order chi connectivity index (χ1) is 9.63. The summed E-state index contributed by atoms with van der Waals surface area (Å²) >= 11 is 0. The molecule has 0 amide bonds. The van der Waals surface area contributed by atoms with Crippen molar-refractivity contribution in [2.75, 3.05) is 26.2 Å². The molecule has 126 valence electrons. The Labute approximate surface area is 142 Å². The summed E-state index contributed by atoms with van der Waals surface area (Å²) in [6.07, 6.45) is 1.91. The van der Waals surface area contributed by atoms with E-state index in [2.05, 4.69) is 17.1 Å². The second kappa shape index (κ2) is 9.94. The molecule has 1 aliphatic heterocycles. The second-order valence-electron chi connectivity index (χ2n) is 5.06. The van der Waals surface area contributed by atoms with E-state index >= 15 is 0 Å². The third-order valence-corrected chi connectivity index (χ3v) is 3.71. The zero-order chi connectivity index (χ0) is 14.5. The fraction of sp³-hybridized carbons (Fsp3) is 0.571. The Kier molecular flexibility index (Phi) is 9.51. The lowest BCUT2D eigenvalue weighted by Gasteiger charge is -2.35. The Morgan fingerprint density at radius 3 is 2.55 bits per heavy atom. The van der Waals surface area contributed by atoms with Crippen LogP contribution in [0, 0.1) is 15.9 Å². The molecule has 1 fully saturated rings. The Balaban J connectivity index is 0.00000220. The van der Waals surface area contributed by atoms with Gasteiger partial charge in [-0.1, -0.05) is 19.4 Å². The van der Waals surface area contributed by atoms with Crippen LogP contribution in [0.15, 0.2) is 18.2 Å². The lowest BCUT2D eigenvalue weighted by atomic mass is 9.99. The van der Waals surface area contributed by atoms with Crippen LogP contribution in [-0.2, 0) is 0 Å². The van der Waals surface area contributed by atoms with E-state index in [1.807, 2.05) is 0 Å². The van der Waals surface area contributed by atoms with Gasteiger partial charge in [-0.3, -0.25) is 15.0 Å². The van der Waals surface area contributed by atoms with Crippen molar-refractivity contribution in [3.05, 3.63) is 39.7 Å². The third kappa shape index (κ3) is 5.05. The molecule has 0 bridgehead atoms. The Morgan fingerprint density at radius 2 is 2.00 bits per heavy atom. The van der Waals surface area contributed by atoms with Crippen LogP contribution in [0.5, 0.6) is 0 Å². The summed E-state index contributed by atoms with van der Waals surface area (Å²) in [6, 6.07) is 4.39. The highest BCUT2D eigenvalue weighted by Crippen LogP contribution is 2.29. The van der Waals surface area contributed by atoms with Crippen LogP contribution in [0.2, 0.25) is 0 Å². The molecule has 1 saturated heterocycles. The molecule has 8 heteroatoms. The van der Waals surface area contributed by atoms with Gasteiger partial charge < -0.3 is 5.32 Å². The van der Waals surface area contributed by atoms with Gasteiger partial charge in [0.15, 0.2) is 0 Å². The first kappa shape index (κ1) is 21.0. The number of piperazine rings is 1. The SMILES string of the molecule is CCC[C@@H](c1ccc(F)c([N+](=O)[O-])c1)N1CCNCC1.Cl.Cl. The summed E-state index contributed by atoms with van der Waals surface area (Å²) in [6.45, 7) is 5.76. The largest absolute Gasteiger partial charge is 0.314 e. The molecule has 22 heavy (non-hydrogen) atoms. The Bertz CT molecular complexity index is 485. The van der Waals surface area contributed by atoms with Crippen molar-refractivity contribution in [1.29, 1.82) is 0 Å². The first-order valence-electron chi connectivity index (χ1n) is 7.02. The van der Waals surface area contributed by atoms with Crippen molar-refractivity contribution < 1.29 is 9.31 Å². The van der Waals surface area contributed by atoms with Gasteiger partial charge in [0.1, 0.15) is 0 Å². The molecule has 1 aromatic carbocycles. The summed E-state index contributed by atoms with van der Waals surface area (Å²) in [5.41, 5.74) is 0.403. The van der Waals surface area contributed by atoms with Crippen LogP contribution in [0.3, 0.4) is 0 Å². The van der Waals surface area contributed by atoms with Gasteiger partial charge in [0, 0.05) is 38.3 Å². The van der Waals surface area contributed by atoms with E-state index in [-0.39, 0.29) is 30.9 Å². The zero-order valence-corrected chi connectivity index (χ0v) is 14.1. The maximum Gasteiger partial charge on any atom is 0.305 e. The minimum absolute atomic E-state index is 0. The van der Waals surface area contributed by atoms with E-state index in [9.17, 15) is 14.5 Å². The average molecular weight is 354 g/mol. The molecule has 5 nitrogen and oxygen atoms in total.